The lowest BCUT2D eigenvalue weighted by Crippen LogP contribution is -2.15. The van der Waals surface area contributed by atoms with Gasteiger partial charge in [0.2, 0.25) is 0 Å². The second kappa shape index (κ2) is 6.68. The van der Waals surface area contributed by atoms with Gasteiger partial charge in [-0.3, -0.25) is 4.79 Å². The third-order valence-corrected chi connectivity index (χ3v) is 1.37. The Morgan fingerprint density at radius 3 is 2.92 bits per heavy atom. The van der Waals surface area contributed by atoms with E-state index in [1.807, 2.05) is 6.07 Å². The van der Waals surface area contributed by atoms with Crippen LogP contribution in [0.1, 0.15) is 13.3 Å². The zero-order valence-electron chi connectivity index (χ0n) is 6.79. The quantitative estimate of drug-likeness (QED) is 0.631. The molecule has 1 atom stereocenters. The van der Waals surface area contributed by atoms with Crippen LogP contribution in [0.15, 0.2) is 11.6 Å². The molecule has 0 heterocycles. The fraction of sp³-hybridized carbons (Fsp3) is 0.500. The maximum Gasteiger partial charge on any atom is 0.323 e. The summed E-state index contributed by atoms with van der Waals surface area (Å²) in [4.78, 5) is 11.0. The number of nitriles is 1. The van der Waals surface area contributed by atoms with Gasteiger partial charge in [0.05, 0.1) is 12.7 Å². The van der Waals surface area contributed by atoms with Gasteiger partial charge in [0.1, 0.15) is 5.92 Å². The van der Waals surface area contributed by atoms with Crippen LogP contribution in [0.3, 0.4) is 0 Å². The molecule has 66 valence electrons. The first-order chi connectivity index (χ1) is 5.76. The molecule has 0 saturated carbocycles. The van der Waals surface area contributed by atoms with Crippen molar-refractivity contribution in [3.8, 4) is 6.07 Å². The van der Waals surface area contributed by atoms with Crippen molar-refractivity contribution >= 4 is 17.6 Å². The van der Waals surface area contributed by atoms with Crippen molar-refractivity contribution in [1.29, 1.82) is 5.26 Å². The summed E-state index contributed by atoms with van der Waals surface area (Å²) in [7, 11) is 0. The molecule has 0 rings (SSSR count). The summed E-state index contributed by atoms with van der Waals surface area (Å²) in [6.07, 6.45) is 1.85. The highest BCUT2D eigenvalue weighted by Crippen LogP contribution is 2.05. The van der Waals surface area contributed by atoms with Crippen molar-refractivity contribution in [3.05, 3.63) is 11.6 Å². The van der Waals surface area contributed by atoms with Crippen LogP contribution in [0.25, 0.3) is 0 Å². The molecule has 0 aromatic rings. The Labute approximate surface area is 76.6 Å². The number of carbonyl (C=O) groups excluding carboxylic acids is 1. The first-order valence-corrected chi connectivity index (χ1v) is 4.01. The third-order valence-electron chi connectivity index (χ3n) is 1.19. The number of esters is 1. The van der Waals surface area contributed by atoms with Crippen molar-refractivity contribution in [2.24, 2.45) is 5.92 Å². The van der Waals surface area contributed by atoms with Crippen LogP contribution in [0.4, 0.5) is 0 Å². The molecular weight excluding hydrogens is 178 g/mol. The van der Waals surface area contributed by atoms with Gasteiger partial charge in [0, 0.05) is 5.54 Å². The van der Waals surface area contributed by atoms with E-state index in [9.17, 15) is 4.79 Å². The van der Waals surface area contributed by atoms with Crippen molar-refractivity contribution in [2.45, 2.75) is 13.3 Å². The second-order valence-corrected chi connectivity index (χ2v) is 2.28. The zero-order chi connectivity index (χ0) is 9.40. The molecule has 0 saturated heterocycles. The van der Waals surface area contributed by atoms with E-state index in [0.717, 1.165) is 0 Å². The maximum atomic E-state index is 11.0. The number of carbonyl (C=O) groups is 1. The van der Waals surface area contributed by atoms with Gasteiger partial charge in [-0.25, -0.2) is 0 Å². The molecule has 0 fully saturated rings. The standard InChI is InChI=1S/C8H10ClNO2/c1-2-12-8(11)7(6-10)4-3-5-9/h3,5,7H,2,4H2,1H3/b5-3+. The molecule has 0 aliphatic carbocycles. The average molecular weight is 188 g/mol. The van der Waals surface area contributed by atoms with Gasteiger partial charge in [0.15, 0.2) is 0 Å². The van der Waals surface area contributed by atoms with Crippen LogP contribution >= 0.6 is 11.6 Å². The predicted molar refractivity (Wildman–Crippen MR) is 45.3 cm³/mol. The number of ether oxygens (including phenoxy) is 1. The van der Waals surface area contributed by atoms with Gasteiger partial charge < -0.3 is 4.74 Å². The second-order valence-electron chi connectivity index (χ2n) is 2.03. The number of hydrogen-bond acceptors (Lipinski definition) is 3. The first kappa shape index (κ1) is 11.0. The molecule has 12 heavy (non-hydrogen) atoms. The van der Waals surface area contributed by atoms with E-state index in [0.29, 0.717) is 13.0 Å². The number of allylic oxidation sites excluding steroid dienone is 1. The van der Waals surface area contributed by atoms with Crippen LogP contribution in [0.5, 0.6) is 0 Å². The van der Waals surface area contributed by atoms with Gasteiger partial charge in [0.25, 0.3) is 0 Å². The lowest BCUT2D eigenvalue weighted by molar-refractivity contribution is -0.145. The van der Waals surface area contributed by atoms with Crippen molar-refractivity contribution in [2.75, 3.05) is 6.61 Å². The molecule has 3 nitrogen and oxygen atoms in total. The summed E-state index contributed by atoms with van der Waals surface area (Å²) in [6.45, 7) is 1.99. The summed E-state index contributed by atoms with van der Waals surface area (Å²) in [5.74, 6) is -1.23. The van der Waals surface area contributed by atoms with Crippen LogP contribution in [0.2, 0.25) is 0 Å². The van der Waals surface area contributed by atoms with Gasteiger partial charge in [-0.05, 0) is 13.3 Å². The van der Waals surface area contributed by atoms with E-state index in [-0.39, 0.29) is 0 Å². The van der Waals surface area contributed by atoms with E-state index in [1.54, 1.807) is 13.0 Å². The highest BCUT2D eigenvalue weighted by Gasteiger charge is 2.16. The number of halogens is 1. The summed E-state index contributed by atoms with van der Waals surface area (Å²) in [5.41, 5.74) is 1.28. The van der Waals surface area contributed by atoms with Crippen LogP contribution in [-0.4, -0.2) is 12.6 Å². The Bertz CT molecular complexity index is 208. The molecule has 0 N–H and O–H groups in total. The monoisotopic (exact) mass is 187 g/mol. The summed E-state index contributed by atoms with van der Waals surface area (Å²) in [6, 6.07) is 1.84. The molecule has 0 aromatic heterocycles. The SMILES string of the molecule is CCOC(=O)C(C#N)C/C=C/Cl. The van der Waals surface area contributed by atoms with Gasteiger partial charge >= 0.3 is 5.97 Å². The van der Waals surface area contributed by atoms with E-state index >= 15 is 0 Å². The van der Waals surface area contributed by atoms with E-state index < -0.39 is 11.9 Å². The smallest absolute Gasteiger partial charge is 0.323 e. The van der Waals surface area contributed by atoms with Gasteiger partial charge in [-0.15, -0.1) is 0 Å². The van der Waals surface area contributed by atoms with E-state index in [2.05, 4.69) is 4.74 Å². The highest BCUT2D eigenvalue weighted by molar-refractivity contribution is 6.25. The lowest BCUT2D eigenvalue weighted by atomic mass is 10.1. The lowest BCUT2D eigenvalue weighted by Gasteiger charge is -2.04. The molecular formula is C8H10ClNO2. The molecule has 0 spiro atoms. The summed E-state index contributed by atoms with van der Waals surface area (Å²) in [5, 5.41) is 8.52. The Morgan fingerprint density at radius 2 is 2.50 bits per heavy atom. The maximum absolute atomic E-state index is 11.0. The normalized spacial score (nSPS) is 12.4. The van der Waals surface area contributed by atoms with Crippen LogP contribution in [0, 0.1) is 17.2 Å². The van der Waals surface area contributed by atoms with E-state index in [4.69, 9.17) is 16.9 Å². The summed E-state index contributed by atoms with van der Waals surface area (Å²) < 4.78 is 4.65. The Kier molecular flexibility index (Phi) is 6.12. The van der Waals surface area contributed by atoms with Gasteiger partial charge in [-0.2, -0.15) is 5.26 Å². The fourth-order valence-corrected chi connectivity index (χ4v) is 0.735. The number of hydrogen-bond donors (Lipinski definition) is 0. The molecule has 0 aliphatic heterocycles. The fourth-order valence-electron chi connectivity index (χ4n) is 0.632. The van der Waals surface area contributed by atoms with Gasteiger partial charge in [-0.1, -0.05) is 17.7 Å². The molecule has 0 bridgehead atoms. The molecule has 1 unspecified atom stereocenters. The Balaban J connectivity index is 3.98. The third kappa shape index (κ3) is 3.99. The average Bonchev–Trinajstić information content (AvgIpc) is 2.06. The minimum absolute atomic E-state index is 0.293. The largest absolute Gasteiger partial charge is 0.465 e. The Morgan fingerprint density at radius 1 is 1.83 bits per heavy atom. The van der Waals surface area contributed by atoms with E-state index in [1.165, 1.54) is 5.54 Å². The van der Waals surface area contributed by atoms with Crippen LogP contribution in [-0.2, 0) is 9.53 Å². The predicted octanol–water partition coefficient (Wildman–Crippen LogP) is 1.83. The molecule has 0 aromatic carbocycles. The van der Waals surface area contributed by atoms with Crippen molar-refractivity contribution < 1.29 is 9.53 Å². The first-order valence-electron chi connectivity index (χ1n) is 3.57. The van der Waals surface area contributed by atoms with Crippen LogP contribution < -0.4 is 0 Å². The van der Waals surface area contributed by atoms with Crippen molar-refractivity contribution in [3.63, 3.8) is 0 Å². The zero-order valence-corrected chi connectivity index (χ0v) is 7.54. The molecule has 4 heteroatoms. The number of nitrogens with zero attached hydrogens (tertiary/aromatic N) is 1. The molecule has 0 aliphatic rings. The van der Waals surface area contributed by atoms with Crippen molar-refractivity contribution in [1.82, 2.24) is 0 Å². The Hall–Kier alpha value is -1.01. The molecule has 0 amide bonds. The highest BCUT2D eigenvalue weighted by atomic mass is 35.5. The topological polar surface area (TPSA) is 50.1 Å². The summed E-state index contributed by atoms with van der Waals surface area (Å²) >= 11 is 5.24. The number of rotatable bonds is 4. The minimum atomic E-state index is -0.736. The molecule has 0 radical (unpaired) electrons. The minimum Gasteiger partial charge on any atom is -0.465 e.